The SMILES string of the molecule is CCc1ccc(C(=O)C(C)Sc2nnc(-c3cccs3)n2-c2ccccc2)cc1. The Balaban J connectivity index is 1.65. The normalized spacial score (nSPS) is 12.1. The summed E-state index contributed by atoms with van der Waals surface area (Å²) >= 11 is 3.06. The van der Waals surface area contributed by atoms with Crippen molar-refractivity contribution in [3.8, 4) is 16.4 Å². The van der Waals surface area contributed by atoms with Gasteiger partial charge in [0.1, 0.15) is 0 Å². The topological polar surface area (TPSA) is 47.8 Å². The minimum atomic E-state index is -0.273. The number of para-hydroxylation sites is 1. The molecule has 1 unspecified atom stereocenters. The zero-order chi connectivity index (χ0) is 20.2. The van der Waals surface area contributed by atoms with Crippen molar-refractivity contribution in [2.75, 3.05) is 0 Å². The number of thiophene rings is 1. The number of rotatable bonds is 7. The monoisotopic (exact) mass is 419 g/mol. The van der Waals surface area contributed by atoms with Gasteiger partial charge in [0.25, 0.3) is 0 Å². The summed E-state index contributed by atoms with van der Waals surface area (Å²) < 4.78 is 2.03. The summed E-state index contributed by atoms with van der Waals surface area (Å²) in [6.07, 6.45) is 0.963. The summed E-state index contributed by atoms with van der Waals surface area (Å²) in [5, 5.41) is 11.3. The van der Waals surface area contributed by atoms with Crippen LogP contribution in [0.15, 0.2) is 77.3 Å². The lowest BCUT2D eigenvalue weighted by atomic mass is 10.1. The number of thioether (sulfide) groups is 1. The highest BCUT2D eigenvalue weighted by Gasteiger charge is 2.23. The second-order valence-electron chi connectivity index (χ2n) is 6.63. The molecule has 146 valence electrons. The number of benzene rings is 2. The molecule has 1 atom stereocenters. The van der Waals surface area contributed by atoms with Gasteiger partial charge in [0.2, 0.25) is 0 Å². The summed E-state index contributed by atoms with van der Waals surface area (Å²) in [4.78, 5) is 14.0. The maximum atomic E-state index is 13.0. The molecule has 6 heteroatoms. The van der Waals surface area contributed by atoms with Crippen molar-refractivity contribution in [3.63, 3.8) is 0 Å². The average molecular weight is 420 g/mol. The molecule has 2 aromatic heterocycles. The Hall–Kier alpha value is -2.70. The fourth-order valence-electron chi connectivity index (χ4n) is 3.07. The van der Waals surface area contributed by atoms with Gasteiger partial charge in [-0.05, 0) is 42.5 Å². The largest absolute Gasteiger partial charge is 0.293 e. The van der Waals surface area contributed by atoms with E-state index in [-0.39, 0.29) is 11.0 Å². The molecule has 0 N–H and O–H groups in total. The first-order valence-corrected chi connectivity index (χ1v) is 11.3. The number of nitrogens with zero attached hydrogens (tertiary/aromatic N) is 3. The van der Waals surface area contributed by atoms with Gasteiger partial charge in [0.15, 0.2) is 16.8 Å². The predicted molar refractivity (Wildman–Crippen MR) is 120 cm³/mol. The number of aryl methyl sites for hydroxylation is 1. The van der Waals surface area contributed by atoms with Crippen LogP contribution in [0, 0.1) is 0 Å². The maximum Gasteiger partial charge on any atom is 0.196 e. The van der Waals surface area contributed by atoms with Crippen molar-refractivity contribution in [1.29, 1.82) is 0 Å². The molecular weight excluding hydrogens is 398 g/mol. The smallest absolute Gasteiger partial charge is 0.196 e. The summed E-state index contributed by atoms with van der Waals surface area (Å²) in [7, 11) is 0. The Kier molecular flexibility index (Phi) is 5.92. The van der Waals surface area contributed by atoms with E-state index < -0.39 is 0 Å². The zero-order valence-corrected chi connectivity index (χ0v) is 17.9. The Bertz CT molecular complexity index is 1090. The molecule has 29 heavy (non-hydrogen) atoms. The maximum absolute atomic E-state index is 13.0. The second kappa shape index (κ2) is 8.76. The molecule has 4 rings (SSSR count). The van der Waals surface area contributed by atoms with E-state index in [1.807, 2.05) is 83.6 Å². The van der Waals surface area contributed by atoms with Crippen molar-refractivity contribution in [2.24, 2.45) is 0 Å². The quantitative estimate of drug-likeness (QED) is 0.275. The van der Waals surface area contributed by atoms with Gasteiger partial charge in [0.05, 0.1) is 10.1 Å². The molecule has 0 aliphatic heterocycles. The number of ketones is 1. The van der Waals surface area contributed by atoms with Crippen LogP contribution in [0.25, 0.3) is 16.4 Å². The Morgan fingerprint density at radius 3 is 2.45 bits per heavy atom. The third-order valence-electron chi connectivity index (χ3n) is 4.69. The summed E-state index contributed by atoms with van der Waals surface area (Å²) in [5.74, 6) is 0.888. The summed E-state index contributed by atoms with van der Waals surface area (Å²) in [6, 6.07) is 21.9. The van der Waals surface area contributed by atoms with Crippen LogP contribution in [-0.2, 0) is 6.42 Å². The molecule has 0 aliphatic rings. The van der Waals surface area contributed by atoms with E-state index >= 15 is 0 Å². The number of Topliss-reactive ketones (excluding diaryl/α,β-unsaturated/α-hetero) is 1. The van der Waals surface area contributed by atoms with Gasteiger partial charge in [-0.25, -0.2) is 0 Å². The number of carbonyl (C=O) groups is 1. The highest BCUT2D eigenvalue weighted by atomic mass is 32.2. The van der Waals surface area contributed by atoms with Crippen LogP contribution in [0.2, 0.25) is 0 Å². The van der Waals surface area contributed by atoms with Crippen LogP contribution in [0.4, 0.5) is 0 Å². The second-order valence-corrected chi connectivity index (χ2v) is 8.88. The van der Waals surface area contributed by atoms with Crippen molar-refractivity contribution in [1.82, 2.24) is 14.8 Å². The van der Waals surface area contributed by atoms with Crippen molar-refractivity contribution in [2.45, 2.75) is 30.7 Å². The first-order valence-electron chi connectivity index (χ1n) is 9.52. The first-order chi connectivity index (χ1) is 14.2. The number of hydrogen-bond donors (Lipinski definition) is 0. The van der Waals surface area contributed by atoms with Crippen LogP contribution in [-0.4, -0.2) is 25.8 Å². The van der Waals surface area contributed by atoms with Crippen LogP contribution >= 0.6 is 23.1 Å². The third kappa shape index (κ3) is 4.18. The zero-order valence-electron chi connectivity index (χ0n) is 16.3. The van der Waals surface area contributed by atoms with Crippen molar-refractivity contribution in [3.05, 3.63) is 83.2 Å². The Morgan fingerprint density at radius 2 is 1.79 bits per heavy atom. The van der Waals surface area contributed by atoms with Crippen molar-refractivity contribution < 1.29 is 4.79 Å². The molecule has 0 saturated heterocycles. The van der Waals surface area contributed by atoms with E-state index in [1.54, 1.807) is 11.3 Å². The minimum Gasteiger partial charge on any atom is -0.293 e. The molecule has 0 saturated carbocycles. The van der Waals surface area contributed by atoms with E-state index in [0.717, 1.165) is 28.4 Å². The fraction of sp³-hybridized carbons (Fsp3) is 0.174. The molecule has 0 aliphatic carbocycles. The lowest BCUT2D eigenvalue weighted by Crippen LogP contribution is -2.14. The molecule has 4 aromatic rings. The van der Waals surface area contributed by atoms with Crippen LogP contribution in [0.1, 0.15) is 29.8 Å². The van der Waals surface area contributed by atoms with Crippen LogP contribution < -0.4 is 0 Å². The molecule has 0 spiro atoms. The van der Waals surface area contributed by atoms with E-state index in [4.69, 9.17) is 0 Å². The molecule has 2 aromatic carbocycles. The number of aromatic nitrogens is 3. The number of hydrogen-bond acceptors (Lipinski definition) is 5. The van der Waals surface area contributed by atoms with Crippen LogP contribution in [0.3, 0.4) is 0 Å². The van der Waals surface area contributed by atoms with Gasteiger partial charge < -0.3 is 0 Å². The van der Waals surface area contributed by atoms with Crippen LogP contribution in [0.5, 0.6) is 0 Å². The Morgan fingerprint density at radius 1 is 1.03 bits per heavy atom. The molecular formula is C23H21N3OS2. The molecule has 0 amide bonds. The molecule has 0 radical (unpaired) electrons. The van der Waals surface area contributed by atoms with E-state index in [0.29, 0.717) is 5.16 Å². The van der Waals surface area contributed by atoms with Gasteiger partial charge in [0, 0.05) is 11.3 Å². The predicted octanol–water partition coefficient (Wildman–Crippen LogP) is 5.92. The lowest BCUT2D eigenvalue weighted by molar-refractivity contribution is 0.0994. The standard InChI is InChI=1S/C23H21N3OS2/c1-3-17-11-13-18(14-12-17)21(27)16(2)29-23-25-24-22(20-10-7-15-28-20)26(23)19-8-5-4-6-9-19/h4-16H,3H2,1-2H3. The van der Waals surface area contributed by atoms with Gasteiger partial charge in [-0.15, -0.1) is 21.5 Å². The van der Waals surface area contributed by atoms with Gasteiger partial charge in [-0.1, -0.05) is 67.2 Å². The minimum absolute atomic E-state index is 0.0953. The van der Waals surface area contributed by atoms with Gasteiger partial charge in [-0.2, -0.15) is 0 Å². The van der Waals surface area contributed by atoms with E-state index in [9.17, 15) is 4.79 Å². The molecule has 2 heterocycles. The highest BCUT2D eigenvalue weighted by Crippen LogP contribution is 2.32. The molecule has 0 bridgehead atoms. The fourth-order valence-corrected chi connectivity index (χ4v) is 4.72. The molecule has 0 fully saturated rings. The first kappa shape index (κ1) is 19.6. The van der Waals surface area contributed by atoms with Crippen molar-refractivity contribution >= 4 is 28.9 Å². The Labute approximate surface area is 178 Å². The summed E-state index contributed by atoms with van der Waals surface area (Å²) in [6.45, 7) is 4.03. The highest BCUT2D eigenvalue weighted by molar-refractivity contribution is 8.00. The third-order valence-corrected chi connectivity index (χ3v) is 6.60. The van der Waals surface area contributed by atoms with E-state index in [1.165, 1.54) is 17.3 Å². The average Bonchev–Trinajstić information content (AvgIpc) is 3.43. The van der Waals surface area contributed by atoms with Gasteiger partial charge >= 0.3 is 0 Å². The van der Waals surface area contributed by atoms with E-state index in [2.05, 4.69) is 17.1 Å². The lowest BCUT2D eigenvalue weighted by Gasteiger charge is -2.13. The number of carbonyl (C=O) groups excluding carboxylic acids is 1. The summed E-state index contributed by atoms with van der Waals surface area (Å²) in [5.41, 5.74) is 2.94. The van der Waals surface area contributed by atoms with Gasteiger partial charge in [-0.3, -0.25) is 9.36 Å². The molecule has 4 nitrogen and oxygen atoms in total.